The van der Waals surface area contributed by atoms with Crippen molar-refractivity contribution >= 4 is 34.7 Å². The second-order valence-electron chi connectivity index (χ2n) is 4.47. The number of pyridine rings is 1. The van der Waals surface area contributed by atoms with Gasteiger partial charge in [-0.15, -0.1) is 10.2 Å². The quantitative estimate of drug-likeness (QED) is 0.644. The van der Waals surface area contributed by atoms with Crippen LogP contribution in [0.15, 0.2) is 5.03 Å². The maximum absolute atomic E-state index is 12.1. The molecule has 0 saturated carbocycles. The van der Waals surface area contributed by atoms with Crippen molar-refractivity contribution in [1.82, 2.24) is 15.2 Å². The van der Waals surface area contributed by atoms with Gasteiger partial charge in [0, 0.05) is 0 Å². The maximum atomic E-state index is 12.1. The van der Waals surface area contributed by atoms with Crippen molar-refractivity contribution in [3.63, 3.8) is 0 Å². The summed E-state index contributed by atoms with van der Waals surface area (Å²) in [6.07, 6.45) is 0.726. The third kappa shape index (κ3) is 3.47. The summed E-state index contributed by atoms with van der Waals surface area (Å²) >= 11 is 2.37. The van der Waals surface area contributed by atoms with Crippen LogP contribution < -0.4 is 5.73 Å². The monoisotopic (exact) mass is 344 g/mol. The highest BCUT2D eigenvalue weighted by atomic mass is 32.2. The van der Waals surface area contributed by atoms with Gasteiger partial charge in [0.2, 0.25) is 5.78 Å². The zero-order valence-electron chi connectivity index (χ0n) is 12.5. The second kappa shape index (κ2) is 7.18. The van der Waals surface area contributed by atoms with Crippen LogP contribution in [-0.2, 0) is 6.42 Å². The molecule has 0 spiro atoms. The van der Waals surface area contributed by atoms with Gasteiger partial charge in [-0.3, -0.25) is 4.79 Å². The Morgan fingerprint density at radius 3 is 2.57 bits per heavy atom. The van der Waals surface area contributed by atoms with E-state index in [1.54, 1.807) is 6.92 Å². The molecule has 0 saturated heterocycles. The summed E-state index contributed by atoms with van der Waals surface area (Å²) in [4.78, 5) is 16.2. The van der Waals surface area contributed by atoms with Crippen LogP contribution in [0.2, 0.25) is 0 Å². The smallest absolute Gasteiger partial charge is 0.203 e. The molecule has 0 unspecified atom stereocenters. The van der Waals surface area contributed by atoms with Crippen LogP contribution in [0, 0.1) is 29.6 Å². The van der Waals surface area contributed by atoms with Crippen LogP contribution >= 0.6 is 23.1 Å². The molecule has 0 fully saturated rings. The minimum atomic E-state index is -0.182. The summed E-state index contributed by atoms with van der Waals surface area (Å²) < 4.78 is 0. The molecule has 9 heteroatoms. The minimum absolute atomic E-state index is 0.0585. The van der Waals surface area contributed by atoms with Gasteiger partial charge < -0.3 is 5.73 Å². The van der Waals surface area contributed by atoms with E-state index in [2.05, 4.69) is 15.2 Å². The number of carbonyl (C=O) groups excluding carboxylic acids is 1. The van der Waals surface area contributed by atoms with Crippen molar-refractivity contribution in [2.45, 2.75) is 25.3 Å². The number of carbonyl (C=O) groups is 1. The van der Waals surface area contributed by atoms with E-state index in [-0.39, 0.29) is 28.5 Å². The van der Waals surface area contributed by atoms with E-state index in [4.69, 9.17) is 11.0 Å². The second-order valence-corrected chi connectivity index (χ2v) is 6.49. The predicted molar refractivity (Wildman–Crippen MR) is 87.2 cm³/mol. The molecule has 0 bridgehead atoms. The largest absolute Gasteiger partial charge is 0.383 e. The van der Waals surface area contributed by atoms with Crippen LogP contribution in [0.25, 0.3) is 0 Å². The molecule has 2 aromatic rings. The third-order valence-electron chi connectivity index (χ3n) is 3.01. The van der Waals surface area contributed by atoms with Gasteiger partial charge in [-0.2, -0.15) is 10.5 Å². The van der Waals surface area contributed by atoms with Crippen molar-refractivity contribution in [2.24, 2.45) is 0 Å². The Morgan fingerprint density at radius 2 is 2.00 bits per heavy atom. The number of aromatic nitrogens is 3. The van der Waals surface area contributed by atoms with Gasteiger partial charge in [-0.05, 0) is 18.9 Å². The van der Waals surface area contributed by atoms with Crippen molar-refractivity contribution in [3.8, 4) is 12.1 Å². The van der Waals surface area contributed by atoms with Crippen molar-refractivity contribution in [3.05, 3.63) is 26.7 Å². The number of hydrogen-bond acceptors (Lipinski definition) is 9. The summed E-state index contributed by atoms with van der Waals surface area (Å²) in [5, 5.41) is 27.6. The Balaban J connectivity index is 2.22. The lowest BCUT2D eigenvalue weighted by Crippen LogP contribution is -2.06. The lowest BCUT2D eigenvalue weighted by Gasteiger charge is -2.08. The molecule has 2 N–H and O–H groups in total. The molecule has 0 atom stereocenters. The molecule has 23 heavy (non-hydrogen) atoms. The molecule has 2 heterocycles. The molecular formula is C14H12N6OS2. The highest BCUT2D eigenvalue weighted by Crippen LogP contribution is 2.28. The molecule has 7 nitrogen and oxygen atoms in total. The number of anilines is 1. The molecule has 2 aromatic heterocycles. The molecule has 116 valence electrons. The molecule has 0 radical (unpaired) electrons. The summed E-state index contributed by atoms with van der Waals surface area (Å²) in [5.41, 5.74) is 6.66. The normalized spacial score (nSPS) is 10.1. The van der Waals surface area contributed by atoms with Crippen LogP contribution in [0.5, 0.6) is 0 Å². The number of nitriles is 2. The molecule has 0 aromatic carbocycles. The zero-order chi connectivity index (χ0) is 17.0. The first kappa shape index (κ1) is 16.9. The Labute approximate surface area is 141 Å². The summed E-state index contributed by atoms with van der Waals surface area (Å²) in [7, 11) is 0. The standard InChI is InChI=1S/C14H12N6OS2/c1-3-11-19-20-14(23-11)10(21)6-22-13-9(5-16)7(2)8(4-15)12(17)18-13/h3,6H2,1-2H3,(H2,17,18). The lowest BCUT2D eigenvalue weighted by molar-refractivity contribution is 0.102. The number of rotatable bonds is 5. The van der Waals surface area contributed by atoms with Gasteiger partial charge in [0.1, 0.15) is 28.0 Å². The average Bonchev–Trinajstić information content (AvgIpc) is 3.02. The van der Waals surface area contributed by atoms with Crippen molar-refractivity contribution in [1.29, 1.82) is 10.5 Å². The fourth-order valence-corrected chi connectivity index (χ4v) is 3.50. The highest BCUT2D eigenvalue weighted by molar-refractivity contribution is 8.00. The molecule has 0 aliphatic rings. The molecular weight excluding hydrogens is 332 g/mol. The van der Waals surface area contributed by atoms with Gasteiger partial charge in [-0.1, -0.05) is 30.0 Å². The third-order valence-corrected chi connectivity index (χ3v) is 5.10. The number of ketones is 1. The number of Topliss-reactive ketones (excluding diaryl/α,β-unsaturated/α-hetero) is 1. The van der Waals surface area contributed by atoms with Gasteiger partial charge in [0.25, 0.3) is 0 Å². The minimum Gasteiger partial charge on any atom is -0.383 e. The number of hydrogen-bond donors (Lipinski definition) is 1. The van der Waals surface area contributed by atoms with Crippen LogP contribution in [0.1, 0.15) is 38.4 Å². The number of aryl methyl sites for hydroxylation is 1. The average molecular weight is 344 g/mol. The van der Waals surface area contributed by atoms with Crippen LogP contribution in [0.4, 0.5) is 5.82 Å². The highest BCUT2D eigenvalue weighted by Gasteiger charge is 2.18. The zero-order valence-corrected chi connectivity index (χ0v) is 14.1. The van der Waals surface area contributed by atoms with Gasteiger partial charge in [0.15, 0.2) is 5.01 Å². The predicted octanol–water partition coefficient (Wildman–Crippen LogP) is 2.10. The fraction of sp³-hybridized carbons (Fsp3) is 0.286. The fourth-order valence-electron chi connectivity index (χ4n) is 1.78. The van der Waals surface area contributed by atoms with E-state index in [0.717, 1.165) is 23.2 Å². The van der Waals surface area contributed by atoms with Crippen molar-refractivity contribution < 1.29 is 4.79 Å². The molecule has 2 rings (SSSR count). The van der Waals surface area contributed by atoms with E-state index in [9.17, 15) is 10.1 Å². The molecule has 0 aliphatic carbocycles. The van der Waals surface area contributed by atoms with Gasteiger partial charge in [0.05, 0.1) is 16.9 Å². The van der Waals surface area contributed by atoms with E-state index < -0.39 is 0 Å². The summed E-state index contributed by atoms with van der Waals surface area (Å²) in [5.74, 6) is -0.0493. The Hall–Kier alpha value is -2.49. The van der Waals surface area contributed by atoms with E-state index in [0.29, 0.717) is 15.6 Å². The van der Waals surface area contributed by atoms with Gasteiger partial charge >= 0.3 is 0 Å². The first-order valence-corrected chi connectivity index (χ1v) is 8.40. The first-order chi connectivity index (χ1) is 11.0. The van der Waals surface area contributed by atoms with Gasteiger partial charge in [-0.25, -0.2) is 4.98 Å². The lowest BCUT2D eigenvalue weighted by atomic mass is 10.1. The maximum Gasteiger partial charge on any atom is 0.203 e. The van der Waals surface area contributed by atoms with Crippen LogP contribution in [0.3, 0.4) is 0 Å². The topological polar surface area (TPSA) is 129 Å². The Kier molecular flexibility index (Phi) is 5.27. The van der Waals surface area contributed by atoms with E-state index in [1.807, 2.05) is 19.1 Å². The van der Waals surface area contributed by atoms with E-state index in [1.165, 1.54) is 11.3 Å². The van der Waals surface area contributed by atoms with E-state index >= 15 is 0 Å². The first-order valence-electron chi connectivity index (χ1n) is 6.60. The van der Waals surface area contributed by atoms with Crippen LogP contribution in [-0.4, -0.2) is 26.7 Å². The summed E-state index contributed by atoms with van der Waals surface area (Å²) in [6.45, 7) is 3.58. The van der Waals surface area contributed by atoms with Crippen molar-refractivity contribution in [2.75, 3.05) is 11.5 Å². The number of thioether (sulfide) groups is 1. The Morgan fingerprint density at radius 1 is 1.30 bits per heavy atom. The molecule has 0 aliphatic heterocycles. The SMILES string of the molecule is CCc1nnc(C(=O)CSc2nc(N)c(C#N)c(C)c2C#N)s1. The molecule has 0 amide bonds. The number of nitrogens with two attached hydrogens (primary N) is 1. The Bertz CT molecular complexity index is 846. The summed E-state index contributed by atoms with van der Waals surface area (Å²) in [6, 6.07) is 3.95. The number of nitrogen functional groups attached to an aromatic ring is 1. The number of nitrogens with zero attached hydrogens (tertiary/aromatic N) is 5.